The summed E-state index contributed by atoms with van der Waals surface area (Å²) < 4.78 is 0. The van der Waals surface area contributed by atoms with Gasteiger partial charge in [-0.3, -0.25) is 4.79 Å². The van der Waals surface area contributed by atoms with Gasteiger partial charge in [-0.05, 0) is 37.1 Å². The predicted octanol–water partition coefficient (Wildman–Crippen LogP) is 3.38. The lowest BCUT2D eigenvalue weighted by atomic mass is 10.0. The Kier molecular flexibility index (Phi) is 4.39. The second kappa shape index (κ2) is 6.23. The van der Waals surface area contributed by atoms with Crippen LogP contribution in [0.1, 0.15) is 22.3 Å². The summed E-state index contributed by atoms with van der Waals surface area (Å²) in [6.45, 7) is 4.02. The first-order valence-corrected chi connectivity index (χ1v) is 6.84. The van der Waals surface area contributed by atoms with Crippen LogP contribution >= 0.6 is 0 Å². The van der Waals surface area contributed by atoms with Crippen LogP contribution in [0.25, 0.3) is 0 Å². The summed E-state index contributed by atoms with van der Waals surface area (Å²) in [4.78, 5) is 14.0. The maximum Gasteiger partial charge on any atom is 0.231 e. The number of carbonyl (C=O) groups excluding carboxylic acids is 1. The molecular formula is C18H18N2O. The molecule has 1 amide bonds. The van der Waals surface area contributed by atoms with Gasteiger partial charge in [0.15, 0.2) is 0 Å². The monoisotopic (exact) mass is 278 g/mol. The van der Waals surface area contributed by atoms with E-state index in [-0.39, 0.29) is 5.91 Å². The number of carbonyl (C=O) groups is 1. The first kappa shape index (κ1) is 14.8. The van der Waals surface area contributed by atoms with Crippen LogP contribution in [0.2, 0.25) is 0 Å². The summed E-state index contributed by atoms with van der Waals surface area (Å²) >= 11 is 0. The number of anilines is 1. The largest absolute Gasteiger partial charge is 0.314 e. The molecule has 2 rings (SSSR count). The molecule has 21 heavy (non-hydrogen) atoms. The molecule has 0 radical (unpaired) electrons. The molecule has 2 aromatic carbocycles. The molecule has 0 unspecified atom stereocenters. The molecule has 0 saturated carbocycles. The van der Waals surface area contributed by atoms with Crippen LogP contribution < -0.4 is 4.90 Å². The van der Waals surface area contributed by atoms with E-state index in [1.54, 1.807) is 30.1 Å². The van der Waals surface area contributed by atoms with Crippen molar-refractivity contribution in [3.8, 4) is 6.07 Å². The minimum Gasteiger partial charge on any atom is -0.314 e. The zero-order valence-corrected chi connectivity index (χ0v) is 12.6. The number of rotatable bonds is 3. The van der Waals surface area contributed by atoms with Crippen LogP contribution in [0.4, 0.5) is 5.69 Å². The summed E-state index contributed by atoms with van der Waals surface area (Å²) in [6.07, 6.45) is 0.337. The average molecular weight is 278 g/mol. The molecule has 0 N–H and O–H groups in total. The van der Waals surface area contributed by atoms with Crippen LogP contribution in [0.15, 0.2) is 42.5 Å². The molecule has 0 fully saturated rings. The van der Waals surface area contributed by atoms with Crippen LogP contribution in [-0.2, 0) is 11.2 Å². The maximum absolute atomic E-state index is 12.5. The fourth-order valence-corrected chi connectivity index (χ4v) is 2.27. The number of aryl methyl sites for hydroxylation is 2. The molecule has 106 valence electrons. The van der Waals surface area contributed by atoms with Gasteiger partial charge < -0.3 is 4.90 Å². The molecule has 0 aliphatic carbocycles. The quantitative estimate of drug-likeness (QED) is 0.864. The number of hydrogen-bond donors (Lipinski definition) is 0. The van der Waals surface area contributed by atoms with Gasteiger partial charge in [-0.1, -0.05) is 35.9 Å². The van der Waals surface area contributed by atoms with Gasteiger partial charge in [0, 0.05) is 7.05 Å². The molecule has 2 aromatic rings. The highest BCUT2D eigenvalue weighted by molar-refractivity contribution is 5.95. The van der Waals surface area contributed by atoms with Crippen molar-refractivity contribution >= 4 is 11.6 Å². The van der Waals surface area contributed by atoms with E-state index in [0.29, 0.717) is 17.7 Å². The molecule has 0 spiro atoms. The van der Waals surface area contributed by atoms with Crippen molar-refractivity contribution in [2.45, 2.75) is 20.3 Å². The standard InChI is InChI=1S/C18H18N2O/c1-13-8-9-14(2)16(10-13)11-18(21)20(3)17-7-5-4-6-15(17)12-19/h4-10H,11H2,1-3H3. The SMILES string of the molecule is Cc1ccc(C)c(CC(=O)N(C)c2ccccc2C#N)c1. The first-order chi connectivity index (χ1) is 10.0. The molecule has 0 bridgehead atoms. The topological polar surface area (TPSA) is 44.1 Å². The maximum atomic E-state index is 12.5. The van der Waals surface area contributed by atoms with Crippen molar-refractivity contribution in [1.82, 2.24) is 0 Å². The number of likely N-dealkylation sites (N-methyl/N-ethyl adjacent to an activating group) is 1. The second-order valence-corrected chi connectivity index (χ2v) is 5.19. The summed E-state index contributed by atoms with van der Waals surface area (Å²) in [6, 6.07) is 15.4. The Morgan fingerprint density at radius 3 is 2.62 bits per heavy atom. The van der Waals surface area contributed by atoms with Crippen molar-refractivity contribution in [2.75, 3.05) is 11.9 Å². The van der Waals surface area contributed by atoms with E-state index in [1.165, 1.54) is 0 Å². The molecule has 3 nitrogen and oxygen atoms in total. The van der Waals surface area contributed by atoms with E-state index >= 15 is 0 Å². The van der Waals surface area contributed by atoms with E-state index in [4.69, 9.17) is 5.26 Å². The van der Waals surface area contributed by atoms with Gasteiger partial charge in [-0.2, -0.15) is 5.26 Å². The summed E-state index contributed by atoms with van der Waals surface area (Å²) in [7, 11) is 1.71. The molecule has 0 aliphatic heterocycles. The number of nitriles is 1. The molecule has 0 saturated heterocycles. The molecule has 0 aromatic heterocycles. The molecule has 0 aliphatic rings. The molecule has 3 heteroatoms. The smallest absolute Gasteiger partial charge is 0.231 e. The lowest BCUT2D eigenvalue weighted by Gasteiger charge is -2.19. The van der Waals surface area contributed by atoms with Crippen LogP contribution in [-0.4, -0.2) is 13.0 Å². The number of nitrogens with zero attached hydrogens (tertiary/aromatic N) is 2. The molecule has 0 heterocycles. The van der Waals surface area contributed by atoms with Gasteiger partial charge in [0.2, 0.25) is 5.91 Å². The average Bonchev–Trinajstić information content (AvgIpc) is 2.50. The van der Waals surface area contributed by atoms with Crippen LogP contribution in [0, 0.1) is 25.2 Å². The predicted molar refractivity (Wildman–Crippen MR) is 84.2 cm³/mol. The zero-order valence-electron chi connectivity index (χ0n) is 12.6. The minimum absolute atomic E-state index is 0.0219. The van der Waals surface area contributed by atoms with Gasteiger partial charge in [0.25, 0.3) is 0 Å². The van der Waals surface area contributed by atoms with Gasteiger partial charge in [-0.15, -0.1) is 0 Å². The lowest BCUT2D eigenvalue weighted by molar-refractivity contribution is -0.117. The van der Waals surface area contributed by atoms with E-state index in [2.05, 4.69) is 6.07 Å². The van der Waals surface area contributed by atoms with Gasteiger partial charge in [0.05, 0.1) is 17.7 Å². The highest BCUT2D eigenvalue weighted by Crippen LogP contribution is 2.20. The van der Waals surface area contributed by atoms with Gasteiger partial charge in [0.1, 0.15) is 6.07 Å². The third-order valence-electron chi connectivity index (χ3n) is 3.61. The highest BCUT2D eigenvalue weighted by atomic mass is 16.2. The first-order valence-electron chi connectivity index (χ1n) is 6.84. The van der Waals surface area contributed by atoms with Crippen molar-refractivity contribution in [2.24, 2.45) is 0 Å². The Bertz CT molecular complexity index is 713. The van der Waals surface area contributed by atoms with E-state index in [0.717, 1.165) is 16.7 Å². The van der Waals surface area contributed by atoms with E-state index in [9.17, 15) is 4.79 Å². The number of benzene rings is 2. The third kappa shape index (κ3) is 3.29. The fourth-order valence-electron chi connectivity index (χ4n) is 2.27. The van der Waals surface area contributed by atoms with Crippen LogP contribution in [0.3, 0.4) is 0 Å². The van der Waals surface area contributed by atoms with E-state index in [1.807, 2.05) is 38.1 Å². The molecule has 0 atom stereocenters. The Balaban J connectivity index is 2.24. The molecular weight excluding hydrogens is 260 g/mol. The van der Waals surface area contributed by atoms with E-state index < -0.39 is 0 Å². The van der Waals surface area contributed by atoms with Gasteiger partial charge in [-0.25, -0.2) is 0 Å². The Morgan fingerprint density at radius 1 is 1.19 bits per heavy atom. The van der Waals surface area contributed by atoms with Crippen LogP contribution in [0.5, 0.6) is 0 Å². The minimum atomic E-state index is -0.0219. The Morgan fingerprint density at radius 2 is 1.90 bits per heavy atom. The number of hydrogen-bond acceptors (Lipinski definition) is 2. The van der Waals surface area contributed by atoms with Crippen molar-refractivity contribution in [3.05, 3.63) is 64.7 Å². The van der Waals surface area contributed by atoms with Gasteiger partial charge >= 0.3 is 0 Å². The number of amides is 1. The Labute approximate surface area is 125 Å². The Hall–Kier alpha value is -2.60. The summed E-state index contributed by atoms with van der Waals surface area (Å²) in [5, 5.41) is 9.13. The second-order valence-electron chi connectivity index (χ2n) is 5.19. The van der Waals surface area contributed by atoms with Crippen molar-refractivity contribution in [3.63, 3.8) is 0 Å². The lowest BCUT2D eigenvalue weighted by Crippen LogP contribution is -2.28. The fraction of sp³-hybridized carbons (Fsp3) is 0.222. The third-order valence-corrected chi connectivity index (χ3v) is 3.61. The summed E-state index contributed by atoms with van der Waals surface area (Å²) in [5.74, 6) is -0.0219. The van der Waals surface area contributed by atoms with Crippen molar-refractivity contribution in [1.29, 1.82) is 5.26 Å². The van der Waals surface area contributed by atoms with Crippen molar-refractivity contribution < 1.29 is 4.79 Å². The summed E-state index contributed by atoms with van der Waals surface area (Å²) in [5.41, 5.74) is 4.44. The normalized spacial score (nSPS) is 10.0. The number of para-hydroxylation sites is 1. The highest BCUT2D eigenvalue weighted by Gasteiger charge is 2.15. The zero-order chi connectivity index (χ0) is 15.4.